The fourth-order valence-corrected chi connectivity index (χ4v) is 3.33. The van der Waals surface area contributed by atoms with Gasteiger partial charge in [0.2, 0.25) is 5.91 Å². The second-order valence-corrected chi connectivity index (χ2v) is 6.09. The average Bonchev–Trinajstić information content (AvgIpc) is 2.86. The third-order valence-corrected chi connectivity index (χ3v) is 4.49. The number of benzene rings is 1. The van der Waals surface area contributed by atoms with Crippen molar-refractivity contribution in [2.75, 3.05) is 33.4 Å². The number of hydrogen-bond donors (Lipinski definition) is 1. The van der Waals surface area contributed by atoms with Gasteiger partial charge in [-0.15, -0.1) is 0 Å². The van der Waals surface area contributed by atoms with Crippen molar-refractivity contribution in [3.05, 3.63) is 35.9 Å². The molecule has 3 atom stereocenters. The summed E-state index contributed by atoms with van der Waals surface area (Å²) in [4.78, 5) is 14.8. The number of nitrogens with one attached hydrogen (secondary N) is 1. The highest BCUT2D eigenvalue weighted by atomic mass is 16.5. The van der Waals surface area contributed by atoms with Crippen molar-refractivity contribution in [3.8, 4) is 0 Å². The van der Waals surface area contributed by atoms with E-state index in [-0.39, 0.29) is 24.0 Å². The van der Waals surface area contributed by atoms with Crippen molar-refractivity contribution in [1.82, 2.24) is 10.2 Å². The summed E-state index contributed by atoms with van der Waals surface area (Å²) in [5.41, 5.74) is 1.12. The molecule has 2 bridgehead atoms. The van der Waals surface area contributed by atoms with Crippen molar-refractivity contribution in [2.45, 2.75) is 25.2 Å². The lowest BCUT2D eigenvalue weighted by Gasteiger charge is -2.32. The van der Waals surface area contributed by atoms with Crippen LogP contribution in [-0.4, -0.2) is 56.4 Å². The highest BCUT2D eigenvalue weighted by Gasteiger charge is 2.44. The molecule has 1 amide bonds. The van der Waals surface area contributed by atoms with Gasteiger partial charge in [0.1, 0.15) is 0 Å². The summed E-state index contributed by atoms with van der Waals surface area (Å²) in [5.74, 6) is 0.0891. The number of amides is 1. The first-order chi connectivity index (χ1) is 10.8. The smallest absolute Gasteiger partial charge is 0.226 e. The number of hydrogen-bond acceptors (Lipinski definition) is 4. The van der Waals surface area contributed by atoms with Gasteiger partial charge in [-0.3, -0.25) is 9.69 Å². The van der Waals surface area contributed by atoms with Crippen LogP contribution in [0.5, 0.6) is 0 Å². The van der Waals surface area contributed by atoms with Crippen molar-refractivity contribution in [3.63, 3.8) is 0 Å². The average molecular weight is 304 g/mol. The van der Waals surface area contributed by atoms with Gasteiger partial charge in [-0.05, 0) is 12.0 Å². The first-order valence-electron chi connectivity index (χ1n) is 7.94. The summed E-state index contributed by atoms with van der Waals surface area (Å²) in [6.45, 7) is 3.95. The normalized spacial score (nSPS) is 27.8. The van der Waals surface area contributed by atoms with E-state index in [1.807, 2.05) is 30.3 Å². The minimum absolute atomic E-state index is 0.0198. The summed E-state index contributed by atoms with van der Waals surface area (Å²) in [5, 5.41) is 3.05. The Morgan fingerprint density at radius 2 is 2.18 bits per heavy atom. The van der Waals surface area contributed by atoms with E-state index in [4.69, 9.17) is 9.47 Å². The van der Waals surface area contributed by atoms with Gasteiger partial charge in [0.15, 0.2) is 0 Å². The fourth-order valence-electron chi connectivity index (χ4n) is 3.33. The largest absolute Gasteiger partial charge is 0.383 e. The predicted molar refractivity (Wildman–Crippen MR) is 83.4 cm³/mol. The zero-order valence-corrected chi connectivity index (χ0v) is 13.0. The molecule has 1 aromatic rings. The third-order valence-electron chi connectivity index (χ3n) is 4.49. The Hall–Kier alpha value is -1.43. The predicted octanol–water partition coefficient (Wildman–Crippen LogP) is 1.04. The Balaban J connectivity index is 1.51. The SMILES string of the molecule is COCCN1CC2CC(C(=O)NCc3ccccc3)C(C1)O2. The first-order valence-corrected chi connectivity index (χ1v) is 7.94. The molecule has 1 N–H and O–H groups in total. The molecule has 5 nitrogen and oxygen atoms in total. The number of nitrogens with zero attached hydrogens (tertiary/aromatic N) is 1. The summed E-state index contributed by atoms with van der Waals surface area (Å²) >= 11 is 0. The molecular weight excluding hydrogens is 280 g/mol. The van der Waals surface area contributed by atoms with E-state index >= 15 is 0 Å². The number of rotatable bonds is 6. The number of ether oxygens (including phenoxy) is 2. The molecule has 0 saturated carbocycles. The lowest BCUT2D eigenvalue weighted by Crippen LogP contribution is -2.46. The maximum Gasteiger partial charge on any atom is 0.226 e. The standard InChI is InChI=1S/C17H24N2O3/c1-21-8-7-19-11-14-9-15(16(12-19)22-14)17(20)18-10-13-5-3-2-4-6-13/h2-6,14-16H,7-12H2,1H3,(H,18,20). The highest BCUT2D eigenvalue weighted by molar-refractivity contribution is 5.79. The molecule has 1 aromatic carbocycles. The Kier molecular flexibility index (Phi) is 5.08. The zero-order chi connectivity index (χ0) is 15.4. The number of fused-ring (bicyclic) bond motifs is 2. The molecular formula is C17H24N2O3. The van der Waals surface area contributed by atoms with E-state index < -0.39 is 0 Å². The monoisotopic (exact) mass is 304 g/mol. The van der Waals surface area contributed by atoms with E-state index in [0.717, 1.165) is 38.2 Å². The van der Waals surface area contributed by atoms with Gasteiger partial charge in [-0.2, -0.15) is 0 Å². The van der Waals surface area contributed by atoms with Crippen LogP contribution in [0.2, 0.25) is 0 Å². The van der Waals surface area contributed by atoms with Gasteiger partial charge in [-0.1, -0.05) is 30.3 Å². The van der Waals surface area contributed by atoms with Crippen LogP contribution in [0.25, 0.3) is 0 Å². The molecule has 2 aliphatic rings. The van der Waals surface area contributed by atoms with Crippen LogP contribution in [0.15, 0.2) is 30.3 Å². The number of carbonyl (C=O) groups excluding carboxylic acids is 1. The fraction of sp³-hybridized carbons (Fsp3) is 0.588. The molecule has 3 unspecified atom stereocenters. The van der Waals surface area contributed by atoms with Crippen LogP contribution < -0.4 is 5.32 Å². The number of morpholine rings is 1. The highest BCUT2D eigenvalue weighted by Crippen LogP contribution is 2.32. The van der Waals surface area contributed by atoms with E-state index in [0.29, 0.717) is 6.54 Å². The molecule has 3 rings (SSSR count). The maximum absolute atomic E-state index is 12.4. The first kappa shape index (κ1) is 15.5. The molecule has 0 aliphatic carbocycles. The third kappa shape index (κ3) is 3.66. The molecule has 2 fully saturated rings. The van der Waals surface area contributed by atoms with Gasteiger partial charge in [0.05, 0.1) is 24.7 Å². The van der Waals surface area contributed by atoms with Gasteiger partial charge in [0.25, 0.3) is 0 Å². The van der Waals surface area contributed by atoms with Crippen LogP contribution in [0.1, 0.15) is 12.0 Å². The molecule has 5 heteroatoms. The second kappa shape index (κ2) is 7.22. The van der Waals surface area contributed by atoms with Crippen molar-refractivity contribution in [2.24, 2.45) is 5.92 Å². The maximum atomic E-state index is 12.4. The Labute approximate surface area is 131 Å². The number of carbonyl (C=O) groups is 1. The van der Waals surface area contributed by atoms with Crippen LogP contribution in [-0.2, 0) is 20.8 Å². The summed E-state index contributed by atoms with van der Waals surface area (Å²) in [6.07, 6.45) is 1.03. The number of methoxy groups -OCH3 is 1. The molecule has 120 valence electrons. The van der Waals surface area contributed by atoms with Gasteiger partial charge in [-0.25, -0.2) is 0 Å². The Morgan fingerprint density at radius 1 is 1.36 bits per heavy atom. The van der Waals surface area contributed by atoms with E-state index in [9.17, 15) is 4.79 Å². The lowest BCUT2D eigenvalue weighted by molar-refractivity contribution is -0.128. The molecule has 0 spiro atoms. The Bertz CT molecular complexity index is 494. The van der Waals surface area contributed by atoms with Gasteiger partial charge in [0, 0.05) is 33.3 Å². The minimum atomic E-state index is -0.0266. The topological polar surface area (TPSA) is 50.8 Å². The van der Waals surface area contributed by atoms with E-state index in [1.165, 1.54) is 0 Å². The van der Waals surface area contributed by atoms with Gasteiger partial charge >= 0.3 is 0 Å². The summed E-state index contributed by atoms with van der Waals surface area (Å²) in [6, 6.07) is 10.0. The van der Waals surface area contributed by atoms with E-state index in [1.54, 1.807) is 7.11 Å². The summed E-state index contributed by atoms with van der Waals surface area (Å²) in [7, 11) is 1.72. The molecule has 2 aliphatic heterocycles. The van der Waals surface area contributed by atoms with Crippen molar-refractivity contribution >= 4 is 5.91 Å². The molecule has 2 heterocycles. The molecule has 2 saturated heterocycles. The van der Waals surface area contributed by atoms with Crippen molar-refractivity contribution in [1.29, 1.82) is 0 Å². The van der Waals surface area contributed by atoms with Gasteiger partial charge < -0.3 is 14.8 Å². The van der Waals surface area contributed by atoms with Crippen LogP contribution in [0.3, 0.4) is 0 Å². The molecule has 22 heavy (non-hydrogen) atoms. The van der Waals surface area contributed by atoms with Crippen LogP contribution >= 0.6 is 0 Å². The Morgan fingerprint density at radius 3 is 2.95 bits per heavy atom. The number of likely N-dealkylation sites (tertiary alicyclic amines) is 1. The second-order valence-electron chi connectivity index (χ2n) is 6.09. The zero-order valence-electron chi connectivity index (χ0n) is 13.0. The minimum Gasteiger partial charge on any atom is -0.383 e. The lowest BCUT2D eigenvalue weighted by atomic mass is 9.99. The quantitative estimate of drug-likeness (QED) is 0.853. The molecule has 0 aromatic heterocycles. The van der Waals surface area contributed by atoms with Crippen LogP contribution in [0.4, 0.5) is 0 Å². The van der Waals surface area contributed by atoms with Crippen LogP contribution in [0, 0.1) is 5.92 Å². The molecule has 0 radical (unpaired) electrons. The van der Waals surface area contributed by atoms with E-state index in [2.05, 4.69) is 10.2 Å². The summed E-state index contributed by atoms with van der Waals surface area (Å²) < 4.78 is 11.1. The van der Waals surface area contributed by atoms with Crippen molar-refractivity contribution < 1.29 is 14.3 Å².